The Morgan fingerprint density at radius 2 is 1.68 bits per heavy atom. The maximum absolute atomic E-state index is 5.44. The lowest BCUT2D eigenvalue weighted by atomic mass is 10.0. The van der Waals surface area contributed by atoms with Crippen molar-refractivity contribution >= 4 is 10.9 Å². The van der Waals surface area contributed by atoms with Gasteiger partial charge in [0.25, 0.3) is 0 Å². The first-order valence-electron chi connectivity index (χ1n) is 7.52. The van der Waals surface area contributed by atoms with Gasteiger partial charge >= 0.3 is 0 Å². The third-order valence-corrected chi connectivity index (χ3v) is 3.90. The second-order valence-electron chi connectivity index (χ2n) is 5.74. The van der Waals surface area contributed by atoms with Crippen LogP contribution in [-0.4, -0.2) is 17.1 Å². The molecule has 0 unspecified atom stereocenters. The number of ether oxygens (including phenoxy) is 1. The van der Waals surface area contributed by atoms with Crippen molar-refractivity contribution in [3.05, 3.63) is 53.7 Å². The Bertz CT molecular complexity index is 811. The number of hydrogen-bond acceptors (Lipinski definition) is 3. The molecule has 3 heteroatoms. The molecule has 0 atom stereocenters. The van der Waals surface area contributed by atoms with Crippen LogP contribution in [0.2, 0.25) is 0 Å². The quantitative estimate of drug-likeness (QED) is 0.699. The molecule has 2 aromatic carbocycles. The molecule has 22 heavy (non-hydrogen) atoms. The summed E-state index contributed by atoms with van der Waals surface area (Å²) in [7, 11) is 1.69. The molecule has 0 radical (unpaired) electrons. The number of aromatic nitrogens is 2. The van der Waals surface area contributed by atoms with Gasteiger partial charge in [0, 0.05) is 16.5 Å². The minimum Gasteiger partial charge on any atom is -0.496 e. The first-order valence-corrected chi connectivity index (χ1v) is 7.52. The van der Waals surface area contributed by atoms with Crippen molar-refractivity contribution in [2.24, 2.45) is 0 Å². The van der Waals surface area contributed by atoms with Crippen LogP contribution in [0.3, 0.4) is 0 Å². The van der Waals surface area contributed by atoms with Gasteiger partial charge < -0.3 is 4.74 Å². The molecule has 112 valence electrons. The van der Waals surface area contributed by atoms with Gasteiger partial charge in [0.1, 0.15) is 5.75 Å². The van der Waals surface area contributed by atoms with Crippen LogP contribution in [0.25, 0.3) is 22.3 Å². The SMILES string of the molecule is COc1ccc2c(C(C)C)nc(-c3ccccc3)nc2c1C. The fourth-order valence-corrected chi connectivity index (χ4v) is 2.72. The summed E-state index contributed by atoms with van der Waals surface area (Å²) in [6.07, 6.45) is 0. The Hall–Kier alpha value is -2.42. The third-order valence-electron chi connectivity index (χ3n) is 3.90. The maximum Gasteiger partial charge on any atom is 0.160 e. The molecule has 0 spiro atoms. The van der Waals surface area contributed by atoms with E-state index in [0.29, 0.717) is 5.92 Å². The van der Waals surface area contributed by atoms with E-state index in [4.69, 9.17) is 14.7 Å². The average molecular weight is 292 g/mol. The smallest absolute Gasteiger partial charge is 0.160 e. The average Bonchev–Trinajstić information content (AvgIpc) is 2.55. The van der Waals surface area contributed by atoms with Gasteiger partial charge in [-0.05, 0) is 25.0 Å². The van der Waals surface area contributed by atoms with Crippen LogP contribution in [0.1, 0.15) is 31.0 Å². The maximum atomic E-state index is 5.44. The summed E-state index contributed by atoms with van der Waals surface area (Å²) < 4.78 is 5.44. The van der Waals surface area contributed by atoms with E-state index < -0.39 is 0 Å². The van der Waals surface area contributed by atoms with E-state index in [1.54, 1.807) is 7.11 Å². The highest BCUT2D eigenvalue weighted by atomic mass is 16.5. The van der Waals surface area contributed by atoms with E-state index >= 15 is 0 Å². The van der Waals surface area contributed by atoms with Gasteiger partial charge in [0.15, 0.2) is 5.82 Å². The number of methoxy groups -OCH3 is 1. The summed E-state index contributed by atoms with van der Waals surface area (Å²) in [5.74, 6) is 1.97. The van der Waals surface area contributed by atoms with Crippen molar-refractivity contribution in [2.45, 2.75) is 26.7 Å². The molecule has 0 aliphatic heterocycles. The van der Waals surface area contributed by atoms with Crippen LogP contribution in [0.15, 0.2) is 42.5 Å². The number of aryl methyl sites for hydroxylation is 1. The largest absolute Gasteiger partial charge is 0.496 e. The Labute approximate surface area is 131 Å². The predicted octanol–water partition coefficient (Wildman–Crippen LogP) is 4.74. The van der Waals surface area contributed by atoms with E-state index in [0.717, 1.165) is 39.3 Å². The van der Waals surface area contributed by atoms with Crippen molar-refractivity contribution in [1.29, 1.82) is 0 Å². The second kappa shape index (κ2) is 5.76. The lowest BCUT2D eigenvalue weighted by Gasteiger charge is -2.14. The van der Waals surface area contributed by atoms with Crippen molar-refractivity contribution in [1.82, 2.24) is 9.97 Å². The summed E-state index contributed by atoms with van der Waals surface area (Å²) in [6, 6.07) is 14.2. The fraction of sp³-hybridized carbons (Fsp3) is 0.263. The Kier molecular flexibility index (Phi) is 3.80. The fourth-order valence-electron chi connectivity index (χ4n) is 2.72. The molecule has 0 saturated carbocycles. The van der Waals surface area contributed by atoms with Crippen LogP contribution in [0.5, 0.6) is 5.75 Å². The lowest BCUT2D eigenvalue weighted by Crippen LogP contribution is -2.02. The van der Waals surface area contributed by atoms with E-state index in [9.17, 15) is 0 Å². The molecule has 0 amide bonds. The first-order chi connectivity index (χ1) is 10.6. The predicted molar refractivity (Wildman–Crippen MR) is 90.4 cm³/mol. The first kappa shape index (κ1) is 14.5. The Balaban J connectivity index is 2.34. The van der Waals surface area contributed by atoms with Crippen LogP contribution >= 0.6 is 0 Å². The molecule has 0 aliphatic carbocycles. The van der Waals surface area contributed by atoms with Gasteiger partial charge in [-0.25, -0.2) is 9.97 Å². The molecule has 0 fully saturated rings. The Morgan fingerprint density at radius 3 is 2.32 bits per heavy atom. The highest BCUT2D eigenvalue weighted by molar-refractivity contribution is 5.87. The van der Waals surface area contributed by atoms with E-state index in [2.05, 4.69) is 19.9 Å². The molecule has 3 rings (SSSR count). The third kappa shape index (κ3) is 2.43. The molecule has 0 saturated heterocycles. The summed E-state index contributed by atoms with van der Waals surface area (Å²) in [5, 5.41) is 1.10. The Morgan fingerprint density at radius 1 is 0.955 bits per heavy atom. The van der Waals surface area contributed by atoms with E-state index in [1.165, 1.54) is 0 Å². The normalized spacial score (nSPS) is 11.1. The summed E-state index contributed by atoms with van der Waals surface area (Å²) in [5.41, 5.74) is 4.14. The minimum atomic E-state index is 0.334. The van der Waals surface area contributed by atoms with Gasteiger partial charge in [-0.3, -0.25) is 0 Å². The molecule has 3 nitrogen and oxygen atoms in total. The second-order valence-corrected chi connectivity index (χ2v) is 5.74. The van der Waals surface area contributed by atoms with Crippen LogP contribution in [0, 0.1) is 6.92 Å². The van der Waals surface area contributed by atoms with E-state index in [-0.39, 0.29) is 0 Å². The summed E-state index contributed by atoms with van der Waals surface area (Å²) >= 11 is 0. The lowest BCUT2D eigenvalue weighted by molar-refractivity contribution is 0.412. The number of fused-ring (bicyclic) bond motifs is 1. The highest BCUT2D eigenvalue weighted by Crippen LogP contribution is 2.32. The number of hydrogen-bond donors (Lipinski definition) is 0. The molecular weight excluding hydrogens is 272 g/mol. The monoisotopic (exact) mass is 292 g/mol. The molecule has 3 aromatic rings. The van der Waals surface area contributed by atoms with Gasteiger partial charge in [-0.1, -0.05) is 44.2 Å². The van der Waals surface area contributed by atoms with Gasteiger partial charge in [0.05, 0.1) is 18.3 Å². The molecule has 0 N–H and O–H groups in total. The molecule has 1 heterocycles. The highest BCUT2D eigenvalue weighted by Gasteiger charge is 2.15. The number of rotatable bonds is 3. The summed E-state index contributed by atoms with van der Waals surface area (Å²) in [4.78, 5) is 9.62. The molecule has 1 aromatic heterocycles. The summed E-state index contributed by atoms with van der Waals surface area (Å²) in [6.45, 7) is 6.37. The van der Waals surface area contributed by atoms with Crippen LogP contribution in [-0.2, 0) is 0 Å². The standard InChI is InChI=1S/C19H20N2O/c1-12(2)17-15-10-11-16(22-4)13(3)18(15)21-19(20-17)14-8-6-5-7-9-14/h5-12H,1-4H3. The van der Waals surface area contributed by atoms with Crippen molar-refractivity contribution in [3.8, 4) is 17.1 Å². The topological polar surface area (TPSA) is 35.0 Å². The van der Waals surface area contributed by atoms with Crippen molar-refractivity contribution in [2.75, 3.05) is 7.11 Å². The van der Waals surface area contributed by atoms with Crippen LogP contribution < -0.4 is 4.74 Å². The molecule has 0 bridgehead atoms. The van der Waals surface area contributed by atoms with Gasteiger partial charge in [-0.15, -0.1) is 0 Å². The zero-order valence-corrected chi connectivity index (χ0v) is 13.4. The zero-order valence-electron chi connectivity index (χ0n) is 13.4. The number of benzene rings is 2. The van der Waals surface area contributed by atoms with E-state index in [1.807, 2.05) is 43.3 Å². The zero-order chi connectivity index (χ0) is 15.7. The van der Waals surface area contributed by atoms with Crippen molar-refractivity contribution < 1.29 is 4.74 Å². The van der Waals surface area contributed by atoms with Crippen LogP contribution in [0.4, 0.5) is 0 Å². The minimum absolute atomic E-state index is 0.334. The molecular formula is C19H20N2O. The van der Waals surface area contributed by atoms with Gasteiger partial charge in [0.2, 0.25) is 0 Å². The van der Waals surface area contributed by atoms with Crippen molar-refractivity contribution in [3.63, 3.8) is 0 Å². The number of nitrogens with zero attached hydrogens (tertiary/aromatic N) is 2. The van der Waals surface area contributed by atoms with Gasteiger partial charge in [-0.2, -0.15) is 0 Å². The molecule has 0 aliphatic rings.